The van der Waals surface area contributed by atoms with Crippen LogP contribution in [0.3, 0.4) is 0 Å². The molecule has 1 aromatic carbocycles. The molecule has 0 saturated heterocycles. The molecule has 4 nitrogen and oxygen atoms in total. The third-order valence-electron chi connectivity index (χ3n) is 2.88. The minimum Gasteiger partial charge on any atom is -0.507 e. The second kappa shape index (κ2) is 3.27. The average Bonchev–Trinajstić information content (AvgIpc) is 2.22. The maximum Gasteiger partial charge on any atom is 0.336 e. The van der Waals surface area contributed by atoms with Crippen molar-refractivity contribution in [3.05, 3.63) is 33.2 Å². The molecule has 0 amide bonds. The fraction of sp³-hybridized carbons (Fsp3) is 0.250. The molecule has 16 heavy (non-hydrogen) atoms. The number of benzene rings is 1. The van der Waals surface area contributed by atoms with Crippen molar-refractivity contribution >= 4 is 11.0 Å². The zero-order valence-electron chi connectivity index (χ0n) is 9.29. The number of aryl methyl sites for hydroxylation is 1. The van der Waals surface area contributed by atoms with Crippen LogP contribution in [0.4, 0.5) is 0 Å². The maximum atomic E-state index is 11.2. The molecule has 2 aromatic rings. The molecule has 0 aliphatic heterocycles. The van der Waals surface area contributed by atoms with Crippen molar-refractivity contribution in [2.24, 2.45) is 0 Å². The van der Waals surface area contributed by atoms with Gasteiger partial charge in [-0.3, -0.25) is 0 Å². The van der Waals surface area contributed by atoms with E-state index in [1.807, 2.05) is 0 Å². The van der Waals surface area contributed by atoms with Gasteiger partial charge in [0.25, 0.3) is 0 Å². The summed E-state index contributed by atoms with van der Waals surface area (Å²) < 4.78 is 4.92. The summed E-state index contributed by atoms with van der Waals surface area (Å²) in [5, 5.41) is 20.2. The maximum absolute atomic E-state index is 11.2. The van der Waals surface area contributed by atoms with Crippen molar-refractivity contribution in [3.8, 4) is 11.5 Å². The fourth-order valence-electron chi connectivity index (χ4n) is 1.78. The van der Waals surface area contributed by atoms with Crippen molar-refractivity contribution in [2.45, 2.75) is 20.8 Å². The number of phenolic OH excluding ortho intramolecular Hbond substituents is 2. The summed E-state index contributed by atoms with van der Waals surface area (Å²) in [6.45, 7) is 5.05. The standard InChI is InChI=1S/C12H12O4/c1-5-4-8(13)16-12-9(5)10(14)6(2)7(3)11(12)15/h4,14-15H,1-3H3. The van der Waals surface area contributed by atoms with Crippen LogP contribution in [0.5, 0.6) is 11.5 Å². The summed E-state index contributed by atoms with van der Waals surface area (Å²) in [7, 11) is 0. The summed E-state index contributed by atoms with van der Waals surface area (Å²) >= 11 is 0. The van der Waals surface area contributed by atoms with Gasteiger partial charge in [-0.2, -0.15) is 0 Å². The topological polar surface area (TPSA) is 70.7 Å². The Balaban J connectivity index is 3.14. The largest absolute Gasteiger partial charge is 0.507 e. The molecule has 0 saturated carbocycles. The Bertz CT molecular complexity index is 638. The quantitative estimate of drug-likeness (QED) is 0.527. The third-order valence-corrected chi connectivity index (χ3v) is 2.88. The van der Waals surface area contributed by atoms with Gasteiger partial charge in [0.2, 0.25) is 0 Å². The molecular formula is C12H12O4. The van der Waals surface area contributed by atoms with Gasteiger partial charge in [-0.15, -0.1) is 0 Å². The molecule has 1 aromatic heterocycles. The van der Waals surface area contributed by atoms with E-state index in [0.29, 0.717) is 22.1 Å². The van der Waals surface area contributed by atoms with Gasteiger partial charge < -0.3 is 14.6 Å². The van der Waals surface area contributed by atoms with Gasteiger partial charge in [-0.25, -0.2) is 4.79 Å². The summed E-state index contributed by atoms with van der Waals surface area (Å²) in [6.07, 6.45) is 0. The number of hydrogen-bond donors (Lipinski definition) is 2. The molecular weight excluding hydrogens is 208 g/mol. The first-order valence-corrected chi connectivity index (χ1v) is 4.89. The summed E-state index contributed by atoms with van der Waals surface area (Å²) in [4.78, 5) is 11.2. The van der Waals surface area contributed by atoms with Crippen molar-refractivity contribution in [1.29, 1.82) is 0 Å². The van der Waals surface area contributed by atoms with Gasteiger partial charge in [-0.1, -0.05) is 0 Å². The average molecular weight is 220 g/mol. The molecule has 0 aliphatic carbocycles. The van der Waals surface area contributed by atoms with Gasteiger partial charge in [0.15, 0.2) is 11.3 Å². The Morgan fingerprint density at radius 1 is 1.06 bits per heavy atom. The van der Waals surface area contributed by atoms with E-state index in [4.69, 9.17) is 4.42 Å². The predicted octanol–water partition coefficient (Wildman–Crippen LogP) is 2.13. The van der Waals surface area contributed by atoms with E-state index >= 15 is 0 Å². The number of fused-ring (bicyclic) bond motifs is 1. The molecule has 0 aliphatic rings. The molecule has 1 heterocycles. The van der Waals surface area contributed by atoms with Gasteiger partial charge in [0.1, 0.15) is 5.75 Å². The van der Waals surface area contributed by atoms with Gasteiger partial charge in [0.05, 0.1) is 5.39 Å². The SMILES string of the molecule is Cc1c(C)c(O)c2c(C)cc(=O)oc2c1O. The molecule has 0 spiro atoms. The number of hydrogen-bond acceptors (Lipinski definition) is 4. The molecule has 0 radical (unpaired) electrons. The van der Waals surface area contributed by atoms with Gasteiger partial charge >= 0.3 is 5.63 Å². The Morgan fingerprint density at radius 3 is 2.25 bits per heavy atom. The first-order chi connectivity index (χ1) is 7.43. The van der Waals surface area contributed by atoms with Crippen LogP contribution in [0.2, 0.25) is 0 Å². The minimum atomic E-state index is -0.539. The molecule has 2 N–H and O–H groups in total. The first kappa shape index (κ1) is 10.5. The van der Waals surface area contributed by atoms with Crippen LogP contribution in [0.15, 0.2) is 15.3 Å². The number of rotatable bonds is 0. The summed E-state index contributed by atoms with van der Waals surface area (Å²) in [6, 6.07) is 1.29. The summed E-state index contributed by atoms with van der Waals surface area (Å²) in [5.41, 5.74) is 1.19. The lowest BCUT2D eigenvalue weighted by Crippen LogP contribution is -1.99. The van der Waals surface area contributed by atoms with E-state index in [1.165, 1.54) is 6.07 Å². The lowest BCUT2D eigenvalue weighted by Gasteiger charge is -2.11. The van der Waals surface area contributed by atoms with Crippen LogP contribution in [0, 0.1) is 20.8 Å². The van der Waals surface area contributed by atoms with Crippen LogP contribution < -0.4 is 5.63 Å². The van der Waals surface area contributed by atoms with E-state index in [-0.39, 0.29) is 17.1 Å². The normalized spacial score (nSPS) is 10.9. The van der Waals surface area contributed by atoms with E-state index in [9.17, 15) is 15.0 Å². The Kier molecular flexibility index (Phi) is 2.15. The van der Waals surface area contributed by atoms with Crippen LogP contribution >= 0.6 is 0 Å². The minimum absolute atomic E-state index is 0.0469. The van der Waals surface area contributed by atoms with Gasteiger partial charge in [0, 0.05) is 11.6 Å². The Morgan fingerprint density at radius 2 is 1.62 bits per heavy atom. The monoisotopic (exact) mass is 220 g/mol. The van der Waals surface area contributed by atoms with Crippen LogP contribution in [0.1, 0.15) is 16.7 Å². The van der Waals surface area contributed by atoms with E-state index in [2.05, 4.69) is 0 Å². The zero-order valence-corrected chi connectivity index (χ0v) is 9.29. The molecule has 84 valence electrons. The molecule has 0 bridgehead atoms. The first-order valence-electron chi connectivity index (χ1n) is 4.89. The lowest BCUT2D eigenvalue weighted by molar-refractivity contribution is 0.442. The van der Waals surface area contributed by atoms with E-state index in [0.717, 1.165) is 0 Å². The summed E-state index contributed by atoms with van der Waals surface area (Å²) in [5.74, 6) is -0.0438. The highest BCUT2D eigenvalue weighted by Crippen LogP contribution is 2.39. The van der Waals surface area contributed by atoms with Crippen molar-refractivity contribution in [2.75, 3.05) is 0 Å². The number of aromatic hydroxyl groups is 2. The van der Waals surface area contributed by atoms with Crippen LogP contribution in [0.25, 0.3) is 11.0 Å². The lowest BCUT2D eigenvalue weighted by atomic mass is 10.0. The molecule has 0 fully saturated rings. The molecule has 0 atom stereocenters. The Hall–Kier alpha value is -1.97. The zero-order chi connectivity index (χ0) is 12.0. The predicted molar refractivity (Wildman–Crippen MR) is 60.0 cm³/mol. The van der Waals surface area contributed by atoms with Gasteiger partial charge in [-0.05, 0) is 31.9 Å². The fourth-order valence-corrected chi connectivity index (χ4v) is 1.78. The smallest absolute Gasteiger partial charge is 0.336 e. The second-order valence-electron chi connectivity index (χ2n) is 3.90. The molecule has 0 unspecified atom stereocenters. The van der Waals surface area contributed by atoms with Crippen molar-refractivity contribution in [1.82, 2.24) is 0 Å². The Labute approximate surface area is 91.8 Å². The molecule has 4 heteroatoms. The second-order valence-corrected chi connectivity index (χ2v) is 3.90. The third kappa shape index (κ3) is 1.26. The van der Waals surface area contributed by atoms with E-state index < -0.39 is 5.63 Å². The highest BCUT2D eigenvalue weighted by molar-refractivity contribution is 5.93. The van der Waals surface area contributed by atoms with Crippen molar-refractivity contribution in [3.63, 3.8) is 0 Å². The van der Waals surface area contributed by atoms with Crippen LogP contribution in [-0.2, 0) is 0 Å². The van der Waals surface area contributed by atoms with Crippen LogP contribution in [-0.4, -0.2) is 10.2 Å². The highest BCUT2D eigenvalue weighted by Gasteiger charge is 2.17. The molecule has 2 rings (SSSR count). The highest BCUT2D eigenvalue weighted by atomic mass is 16.4. The van der Waals surface area contributed by atoms with Crippen molar-refractivity contribution < 1.29 is 14.6 Å². The number of phenols is 2. The van der Waals surface area contributed by atoms with E-state index in [1.54, 1.807) is 20.8 Å².